The zero-order chi connectivity index (χ0) is 13.5. The van der Waals surface area contributed by atoms with E-state index in [1.807, 2.05) is 24.3 Å². The molecule has 0 unspecified atom stereocenters. The van der Waals surface area contributed by atoms with Crippen molar-refractivity contribution in [3.63, 3.8) is 0 Å². The summed E-state index contributed by atoms with van der Waals surface area (Å²) in [6.07, 6.45) is 5.09. The molecule has 2 rings (SSSR count). The van der Waals surface area contributed by atoms with Gasteiger partial charge in [-0.05, 0) is 30.9 Å². The second-order valence-corrected chi connectivity index (χ2v) is 4.92. The highest BCUT2D eigenvalue weighted by atomic mass is 16.5. The summed E-state index contributed by atoms with van der Waals surface area (Å²) in [5, 5.41) is 12.0. The first kappa shape index (κ1) is 13.9. The summed E-state index contributed by atoms with van der Waals surface area (Å²) in [5.41, 5.74) is 0.929. The Morgan fingerprint density at radius 3 is 2.79 bits per heavy atom. The summed E-state index contributed by atoms with van der Waals surface area (Å²) < 4.78 is 5.54. The minimum Gasteiger partial charge on any atom is -0.483 e. The minimum atomic E-state index is -0.0642. The quantitative estimate of drug-likeness (QED) is 0.820. The molecule has 0 saturated heterocycles. The first-order valence-corrected chi connectivity index (χ1v) is 6.90. The lowest BCUT2D eigenvalue weighted by atomic mass is 10.1. The number of hydrogen-bond donors (Lipinski definition) is 2. The average molecular weight is 263 g/mol. The molecule has 19 heavy (non-hydrogen) atoms. The van der Waals surface area contributed by atoms with E-state index in [1.165, 1.54) is 12.8 Å². The van der Waals surface area contributed by atoms with E-state index in [0.29, 0.717) is 18.2 Å². The number of amides is 1. The second kappa shape index (κ2) is 7.14. The van der Waals surface area contributed by atoms with Crippen LogP contribution in [0.25, 0.3) is 0 Å². The molecule has 0 spiro atoms. The molecule has 4 heteroatoms. The fraction of sp³-hybridized carbons (Fsp3) is 0.533. The van der Waals surface area contributed by atoms with Crippen molar-refractivity contribution in [1.82, 2.24) is 5.32 Å². The maximum Gasteiger partial charge on any atom is 0.258 e. The SMILES string of the molecule is O=C(COc1ccccc1CCO)NC1CCCC1. The number of carbonyl (C=O) groups is 1. The van der Waals surface area contributed by atoms with Crippen molar-refractivity contribution in [1.29, 1.82) is 0 Å². The van der Waals surface area contributed by atoms with Crippen LogP contribution in [-0.2, 0) is 11.2 Å². The zero-order valence-electron chi connectivity index (χ0n) is 11.1. The Morgan fingerprint density at radius 2 is 2.05 bits per heavy atom. The fourth-order valence-corrected chi connectivity index (χ4v) is 2.45. The smallest absolute Gasteiger partial charge is 0.258 e. The lowest BCUT2D eigenvalue weighted by Gasteiger charge is -2.14. The standard InChI is InChI=1S/C15H21NO3/c17-10-9-12-5-1-4-8-14(12)19-11-15(18)16-13-6-2-3-7-13/h1,4-5,8,13,17H,2-3,6-7,9-11H2,(H,16,18). The molecular formula is C15H21NO3. The number of aliphatic hydroxyl groups excluding tert-OH is 1. The maximum atomic E-state index is 11.8. The number of ether oxygens (including phenoxy) is 1. The molecule has 0 bridgehead atoms. The molecule has 104 valence electrons. The van der Waals surface area contributed by atoms with Gasteiger partial charge < -0.3 is 15.2 Å². The number of benzene rings is 1. The molecule has 1 saturated carbocycles. The molecular weight excluding hydrogens is 242 g/mol. The van der Waals surface area contributed by atoms with Crippen molar-refractivity contribution in [2.45, 2.75) is 38.1 Å². The monoisotopic (exact) mass is 263 g/mol. The number of hydrogen-bond acceptors (Lipinski definition) is 3. The summed E-state index contributed by atoms with van der Waals surface area (Å²) in [5.74, 6) is 0.615. The normalized spacial score (nSPS) is 15.4. The number of carbonyl (C=O) groups excluding carboxylic acids is 1. The highest BCUT2D eigenvalue weighted by Crippen LogP contribution is 2.19. The van der Waals surface area contributed by atoms with Gasteiger partial charge in [0.15, 0.2) is 6.61 Å². The summed E-state index contributed by atoms with van der Waals surface area (Å²) >= 11 is 0. The fourth-order valence-electron chi connectivity index (χ4n) is 2.45. The third kappa shape index (κ3) is 4.24. The van der Waals surface area contributed by atoms with Crippen molar-refractivity contribution in [2.75, 3.05) is 13.2 Å². The van der Waals surface area contributed by atoms with Gasteiger partial charge in [-0.1, -0.05) is 31.0 Å². The molecule has 0 radical (unpaired) electrons. The predicted molar refractivity (Wildman–Crippen MR) is 73.1 cm³/mol. The van der Waals surface area contributed by atoms with Crippen molar-refractivity contribution >= 4 is 5.91 Å². The number of rotatable bonds is 6. The molecule has 1 fully saturated rings. The molecule has 1 aliphatic carbocycles. The van der Waals surface area contributed by atoms with Crippen molar-refractivity contribution in [3.05, 3.63) is 29.8 Å². The Balaban J connectivity index is 1.82. The molecule has 0 aromatic heterocycles. The molecule has 0 atom stereocenters. The molecule has 0 aliphatic heterocycles. The summed E-state index contributed by atoms with van der Waals surface area (Å²) in [6.45, 7) is 0.119. The minimum absolute atomic E-state index is 0.0406. The highest BCUT2D eigenvalue weighted by Gasteiger charge is 2.17. The molecule has 1 aromatic rings. The van der Waals surface area contributed by atoms with E-state index in [0.717, 1.165) is 18.4 Å². The Kier molecular flexibility index (Phi) is 5.21. The van der Waals surface area contributed by atoms with Crippen LogP contribution in [0.2, 0.25) is 0 Å². The first-order valence-electron chi connectivity index (χ1n) is 6.90. The molecule has 1 aliphatic rings. The van der Waals surface area contributed by atoms with Crippen LogP contribution in [-0.4, -0.2) is 30.3 Å². The third-order valence-electron chi connectivity index (χ3n) is 3.43. The van der Waals surface area contributed by atoms with Gasteiger partial charge in [0.1, 0.15) is 5.75 Å². The summed E-state index contributed by atoms with van der Waals surface area (Å²) in [4.78, 5) is 11.8. The van der Waals surface area contributed by atoms with Crippen LogP contribution in [0.1, 0.15) is 31.2 Å². The molecule has 0 heterocycles. The van der Waals surface area contributed by atoms with Gasteiger partial charge in [-0.25, -0.2) is 0 Å². The highest BCUT2D eigenvalue weighted by molar-refractivity contribution is 5.77. The van der Waals surface area contributed by atoms with Gasteiger partial charge in [-0.2, -0.15) is 0 Å². The van der Waals surface area contributed by atoms with Gasteiger partial charge in [0, 0.05) is 12.6 Å². The maximum absolute atomic E-state index is 11.8. The average Bonchev–Trinajstić information content (AvgIpc) is 2.91. The van der Waals surface area contributed by atoms with Crippen LogP contribution in [0, 0.1) is 0 Å². The van der Waals surface area contributed by atoms with Gasteiger partial charge in [0.2, 0.25) is 0 Å². The van der Waals surface area contributed by atoms with E-state index in [-0.39, 0.29) is 19.1 Å². The first-order chi connectivity index (χ1) is 9.29. The van der Waals surface area contributed by atoms with Crippen LogP contribution >= 0.6 is 0 Å². The van der Waals surface area contributed by atoms with E-state index < -0.39 is 0 Å². The topological polar surface area (TPSA) is 58.6 Å². The van der Waals surface area contributed by atoms with E-state index in [4.69, 9.17) is 9.84 Å². The molecule has 1 amide bonds. The van der Waals surface area contributed by atoms with E-state index in [9.17, 15) is 4.79 Å². The predicted octanol–water partition coefficient (Wildman–Crippen LogP) is 1.66. The van der Waals surface area contributed by atoms with Crippen molar-refractivity contribution in [3.8, 4) is 5.75 Å². The number of nitrogens with one attached hydrogen (secondary N) is 1. The van der Waals surface area contributed by atoms with Gasteiger partial charge in [-0.15, -0.1) is 0 Å². The van der Waals surface area contributed by atoms with E-state index in [2.05, 4.69) is 5.32 Å². The van der Waals surface area contributed by atoms with Crippen LogP contribution < -0.4 is 10.1 Å². The Labute approximate surface area is 113 Å². The molecule has 2 N–H and O–H groups in total. The third-order valence-corrected chi connectivity index (χ3v) is 3.43. The van der Waals surface area contributed by atoms with Crippen LogP contribution in [0.5, 0.6) is 5.75 Å². The van der Waals surface area contributed by atoms with Crippen molar-refractivity contribution < 1.29 is 14.6 Å². The van der Waals surface area contributed by atoms with E-state index >= 15 is 0 Å². The lowest BCUT2D eigenvalue weighted by Crippen LogP contribution is -2.36. The molecule has 1 aromatic carbocycles. The Morgan fingerprint density at radius 1 is 1.32 bits per heavy atom. The molecule has 4 nitrogen and oxygen atoms in total. The van der Waals surface area contributed by atoms with Crippen LogP contribution in [0.15, 0.2) is 24.3 Å². The van der Waals surface area contributed by atoms with Crippen LogP contribution in [0.3, 0.4) is 0 Å². The number of para-hydroxylation sites is 1. The zero-order valence-corrected chi connectivity index (χ0v) is 11.1. The van der Waals surface area contributed by atoms with Crippen molar-refractivity contribution in [2.24, 2.45) is 0 Å². The lowest BCUT2D eigenvalue weighted by molar-refractivity contribution is -0.123. The van der Waals surface area contributed by atoms with Gasteiger partial charge in [0.25, 0.3) is 5.91 Å². The number of aliphatic hydroxyl groups is 1. The van der Waals surface area contributed by atoms with E-state index in [1.54, 1.807) is 0 Å². The largest absolute Gasteiger partial charge is 0.483 e. The second-order valence-electron chi connectivity index (χ2n) is 4.92. The van der Waals surface area contributed by atoms with Gasteiger partial charge in [-0.3, -0.25) is 4.79 Å². The Hall–Kier alpha value is -1.55. The summed E-state index contributed by atoms with van der Waals surface area (Å²) in [6, 6.07) is 7.82. The van der Waals surface area contributed by atoms with Crippen LogP contribution in [0.4, 0.5) is 0 Å². The Bertz CT molecular complexity index is 414. The van der Waals surface area contributed by atoms with Gasteiger partial charge >= 0.3 is 0 Å². The van der Waals surface area contributed by atoms with Gasteiger partial charge in [0.05, 0.1) is 0 Å². The summed E-state index contributed by atoms with van der Waals surface area (Å²) in [7, 11) is 0.